The summed E-state index contributed by atoms with van der Waals surface area (Å²) in [6.07, 6.45) is 3.28. The fourth-order valence-electron chi connectivity index (χ4n) is 4.02. The van der Waals surface area contributed by atoms with Gasteiger partial charge in [0.15, 0.2) is 5.76 Å². The molecule has 0 unspecified atom stereocenters. The Morgan fingerprint density at radius 2 is 2.03 bits per heavy atom. The van der Waals surface area contributed by atoms with Gasteiger partial charge in [0.25, 0.3) is 11.8 Å². The Bertz CT molecular complexity index is 1230. The van der Waals surface area contributed by atoms with E-state index in [9.17, 15) is 9.59 Å². The summed E-state index contributed by atoms with van der Waals surface area (Å²) in [6, 6.07) is 11.2. The molecule has 0 saturated carbocycles. The molecule has 1 N–H and O–H groups in total. The van der Waals surface area contributed by atoms with Crippen molar-refractivity contribution >= 4 is 39.9 Å². The monoisotopic (exact) mass is 449 g/mol. The number of benzene rings is 1. The van der Waals surface area contributed by atoms with Crippen LogP contribution in [-0.4, -0.2) is 44.6 Å². The van der Waals surface area contributed by atoms with Crippen molar-refractivity contribution in [3.8, 4) is 0 Å². The summed E-state index contributed by atoms with van der Waals surface area (Å²) < 4.78 is 7.45. The normalized spacial score (nSPS) is 14.7. The van der Waals surface area contributed by atoms with Gasteiger partial charge in [-0.25, -0.2) is 9.67 Å². The van der Waals surface area contributed by atoms with Gasteiger partial charge in [-0.2, -0.15) is 5.10 Å². The number of rotatable bonds is 5. The number of likely N-dealkylation sites (tertiary alicyclic amines) is 1. The molecule has 0 bridgehead atoms. The van der Waals surface area contributed by atoms with Crippen molar-refractivity contribution in [2.24, 2.45) is 0 Å². The van der Waals surface area contributed by atoms with Crippen LogP contribution in [0.2, 0.25) is 0 Å². The van der Waals surface area contributed by atoms with Gasteiger partial charge in [-0.05, 0) is 31.9 Å². The molecule has 32 heavy (non-hydrogen) atoms. The number of carbonyl (C=O) groups excluding carboxylic acids is 2. The van der Waals surface area contributed by atoms with Crippen molar-refractivity contribution in [1.82, 2.24) is 19.7 Å². The third-order valence-electron chi connectivity index (χ3n) is 5.78. The van der Waals surface area contributed by atoms with Crippen LogP contribution in [0.1, 0.15) is 51.7 Å². The van der Waals surface area contributed by atoms with E-state index in [4.69, 9.17) is 4.42 Å². The number of amides is 2. The summed E-state index contributed by atoms with van der Waals surface area (Å²) in [5.41, 5.74) is 1.14. The molecule has 4 aromatic rings. The summed E-state index contributed by atoms with van der Waals surface area (Å²) in [5.74, 6) is 0.961. The zero-order chi connectivity index (χ0) is 22.1. The molecule has 0 atom stereocenters. The number of thiazole rings is 1. The largest absolute Gasteiger partial charge is 0.451 e. The highest BCUT2D eigenvalue weighted by molar-refractivity contribution is 7.10. The third kappa shape index (κ3) is 3.91. The molecule has 5 rings (SSSR count). The first-order valence-electron chi connectivity index (χ1n) is 10.7. The Morgan fingerprint density at radius 1 is 1.22 bits per heavy atom. The summed E-state index contributed by atoms with van der Waals surface area (Å²) in [5, 5.41) is 10.7. The zero-order valence-corrected chi connectivity index (χ0v) is 18.5. The van der Waals surface area contributed by atoms with Gasteiger partial charge in [0, 0.05) is 42.4 Å². The second-order valence-electron chi connectivity index (χ2n) is 7.77. The average molecular weight is 450 g/mol. The van der Waals surface area contributed by atoms with Crippen LogP contribution >= 0.6 is 11.3 Å². The Labute approximate surface area is 188 Å². The number of aromatic nitrogens is 3. The molecule has 1 saturated heterocycles. The van der Waals surface area contributed by atoms with Crippen LogP contribution in [-0.2, 0) is 6.54 Å². The van der Waals surface area contributed by atoms with Crippen molar-refractivity contribution in [2.45, 2.75) is 32.2 Å². The van der Waals surface area contributed by atoms with Gasteiger partial charge in [0.05, 0.1) is 11.2 Å². The predicted molar refractivity (Wildman–Crippen MR) is 122 cm³/mol. The van der Waals surface area contributed by atoms with Crippen LogP contribution in [0.15, 0.2) is 52.4 Å². The molecule has 4 heterocycles. The highest BCUT2D eigenvalue weighted by atomic mass is 32.1. The summed E-state index contributed by atoms with van der Waals surface area (Å²) >= 11 is 1.50. The first kappa shape index (κ1) is 20.4. The van der Waals surface area contributed by atoms with Gasteiger partial charge in [0.2, 0.25) is 0 Å². The molecular formula is C23H23N5O3S. The number of hydrogen-bond acceptors (Lipinski definition) is 6. The summed E-state index contributed by atoms with van der Waals surface area (Å²) in [7, 11) is 0. The van der Waals surface area contributed by atoms with E-state index < -0.39 is 0 Å². The highest BCUT2D eigenvalue weighted by Crippen LogP contribution is 2.31. The average Bonchev–Trinajstić information content (AvgIpc) is 3.57. The number of carbonyl (C=O) groups is 2. The molecule has 1 aromatic carbocycles. The minimum atomic E-state index is -0.236. The maximum Gasteiger partial charge on any atom is 0.289 e. The van der Waals surface area contributed by atoms with Crippen LogP contribution in [0.5, 0.6) is 0 Å². The Morgan fingerprint density at radius 3 is 2.81 bits per heavy atom. The smallest absolute Gasteiger partial charge is 0.289 e. The van der Waals surface area contributed by atoms with E-state index >= 15 is 0 Å². The maximum absolute atomic E-state index is 12.9. The lowest BCUT2D eigenvalue weighted by Gasteiger charge is -2.30. The molecule has 0 aliphatic carbocycles. The number of fused-ring (bicyclic) bond motifs is 1. The molecule has 9 heteroatoms. The van der Waals surface area contributed by atoms with Crippen molar-refractivity contribution in [1.29, 1.82) is 0 Å². The molecular weight excluding hydrogens is 426 g/mol. The van der Waals surface area contributed by atoms with Crippen LogP contribution < -0.4 is 5.32 Å². The van der Waals surface area contributed by atoms with E-state index in [1.54, 1.807) is 28.4 Å². The maximum atomic E-state index is 12.9. The van der Waals surface area contributed by atoms with Crippen LogP contribution in [0.3, 0.4) is 0 Å². The SMILES string of the molecule is CCn1nccc1NC(=O)c1csc(C2CCN(C(=O)c3cc4ccccc4o3)CC2)n1. The first-order chi connectivity index (χ1) is 15.6. The highest BCUT2D eigenvalue weighted by Gasteiger charge is 2.28. The topological polar surface area (TPSA) is 93.3 Å². The number of nitrogens with zero attached hydrogens (tertiary/aromatic N) is 4. The molecule has 3 aromatic heterocycles. The van der Waals surface area contributed by atoms with Gasteiger partial charge in [-0.15, -0.1) is 11.3 Å². The summed E-state index contributed by atoms with van der Waals surface area (Å²) in [4.78, 5) is 31.9. The van der Waals surface area contributed by atoms with Gasteiger partial charge in [-0.1, -0.05) is 18.2 Å². The molecule has 0 spiro atoms. The number of hydrogen-bond donors (Lipinski definition) is 1. The van der Waals surface area contributed by atoms with E-state index in [2.05, 4.69) is 15.4 Å². The summed E-state index contributed by atoms with van der Waals surface area (Å²) in [6.45, 7) is 3.92. The minimum Gasteiger partial charge on any atom is -0.451 e. The molecule has 8 nitrogen and oxygen atoms in total. The predicted octanol–water partition coefficient (Wildman–Crippen LogP) is 4.38. The quantitative estimate of drug-likeness (QED) is 0.488. The Balaban J connectivity index is 1.20. The Hall–Kier alpha value is -3.46. The van der Waals surface area contributed by atoms with Gasteiger partial charge < -0.3 is 14.6 Å². The van der Waals surface area contributed by atoms with E-state index in [0.29, 0.717) is 36.9 Å². The van der Waals surface area contributed by atoms with Crippen molar-refractivity contribution in [3.05, 3.63) is 64.4 Å². The number of piperidine rings is 1. The molecule has 2 amide bonds. The lowest BCUT2D eigenvalue weighted by Crippen LogP contribution is -2.37. The fourth-order valence-corrected chi connectivity index (χ4v) is 4.99. The number of furan rings is 1. The van der Waals surface area contributed by atoms with Crippen molar-refractivity contribution in [2.75, 3.05) is 18.4 Å². The van der Waals surface area contributed by atoms with Crippen LogP contribution in [0.4, 0.5) is 5.82 Å². The Kier molecular flexibility index (Phi) is 5.48. The van der Waals surface area contributed by atoms with E-state index in [1.165, 1.54) is 11.3 Å². The lowest BCUT2D eigenvalue weighted by molar-refractivity contribution is 0.0683. The van der Waals surface area contributed by atoms with Gasteiger partial charge in [-0.3, -0.25) is 9.59 Å². The number of anilines is 1. The van der Waals surface area contributed by atoms with E-state index in [0.717, 1.165) is 28.8 Å². The first-order valence-corrected chi connectivity index (χ1v) is 11.6. The van der Waals surface area contributed by atoms with E-state index in [1.807, 2.05) is 36.1 Å². The van der Waals surface area contributed by atoms with Crippen molar-refractivity contribution < 1.29 is 14.0 Å². The molecule has 1 aliphatic rings. The second kappa shape index (κ2) is 8.58. The fraction of sp³-hybridized carbons (Fsp3) is 0.304. The third-order valence-corrected chi connectivity index (χ3v) is 6.79. The van der Waals surface area contributed by atoms with Crippen LogP contribution in [0, 0.1) is 0 Å². The molecule has 0 radical (unpaired) electrons. The molecule has 1 fully saturated rings. The minimum absolute atomic E-state index is 0.0774. The second-order valence-corrected chi connectivity index (χ2v) is 8.66. The molecule has 1 aliphatic heterocycles. The number of para-hydroxylation sites is 1. The van der Waals surface area contributed by atoms with Gasteiger partial charge >= 0.3 is 0 Å². The number of nitrogens with one attached hydrogen (secondary N) is 1. The lowest BCUT2D eigenvalue weighted by atomic mass is 9.97. The number of aryl methyl sites for hydroxylation is 1. The molecule has 164 valence electrons. The van der Waals surface area contributed by atoms with Crippen molar-refractivity contribution in [3.63, 3.8) is 0 Å². The standard InChI is InChI=1S/C23H23N5O3S/c1-2-28-20(7-10-24-28)26-21(29)17-14-32-22(25-17)15-8-11-27(12-9-15)23(30)19-13-16-5-3-4-6-18(16)31-19/h3-7,10,13-15H,2,8-9,11-12H2,1H3,(H,26,29). The van der Waals surface area contributed by atoms with Gasteiger partial charge in [0.1, 0.15) is 17.1 Å². The van der Waals surface area contributed by atoms with Crippen LogP contribution in [0.25, 0.3) is 11.0 Å². The zero-order valence-electron chi connectivity index (χ0n) is 17.7. The van der Waals surface area contributed by atoms with E-state index in [-0.39, 0.29) is 17.7 Å².